The van der Waals surface area contributed by atoms with E-state index in [2.05, 4.69) is 49.9 Å². The third-order valence-electron chi connectivity index (χ3n) is 5.07. The van der Waals surface area contributed by atoms with E-state index < -0.39 is 0 Å². The Hall–Kier alpha value is -3.28. The zero-order valence-electron chi connectivity index (χ0n) is 15.0. The topological polar surface area (TPSA) is 76.7 Å². The van der Waals surface area contributed by atoms with Crippen molar-refractivity contribution in [1.82, 2.24) is 20.3 Å². The molecule has 1 N–H and O–H groups in total. The van der Waals surface area contributed by atoms with Crippen LogP contribution in [-0.4, -0.2) is 20.3 Å². The van der Waals surface area contributed by atoms with Crippen LogP contribution < -0.4 is 5.32 Å². The predicted molar refractivity (Wildman–Crippen MR) is 103 cm³/mol. The Morgan fingerprint density at radius 1 is 1.07 bits per heavy atom. The van der Waals surface area contributed by atoms with Gasteiger partial charge in [0.2, 0.25) is 0 Å². The van der Waals surface area contributed by atoms with Gasteiger partial charge in [-0.2, -0.15) is 0 Å². The third kappa shape index (κ3) is 3.03. The largest absolute Gasteiger partial charge is 0.363 e. The molecule has 27 heavy (non-hydrogen) atoms. The second-order valence-corrected chi connectivity index (χ2v) is 6.93. The fourth-order valence-electron chi connectivity index (χ4n) is 3.81. The van der Waals surface area contributed by atoms with Crippen molar-refractivity contribution in [2.75, 3.05) is 5.32 Å². The lowest BCUT2D eigenvalue weighted by molar-refractivity contribution is 0.424. The van der Waals surface area contributed by atoms with Crippen molar-refractivity contribution in [2.45, 2.75) is 32.2 Å². The summed E-state index contributed by atoms with van der Waals surface area (Å²) in [6.45, 7) is 1.92. The summed E-state index contributed by atoms with van der Waals surface area (Å²) >= 11 is 0. The van der Waals surface area contributed by atoms with Crippen LogP contribution in [-0.2, 0) is 6.42 Å². The number of rotatable bonds is 3. The lowest BCUT2D eigenvalue weighted by Gasteiger charge is -2.27. The molecular weight excluding hydrogens is 338 g/mol. The lowest BCUT2D eigenvalue weighted by Crippen LogP contribution is -2.18. The average molecular weight is 357 g/mol. The Balaban J connectivity index is 1.49. The highest BCUT2D eigenvalue weighted by molar-refractivity contribution is 5.79. The summed E-state index contributed by atoms with van der Waals surface area (Å²) in [5.41, 5.74) is 6.02. The van der Waals surface area contributed by atoms with Crippen LogP contribution in [0, 0.1) is 6.92 Å². The third-order valence-corrected chi connectivity index (χ3v) is 5.07. The SMILES string of the molecule is Cc1nc(N[C@@H]2CCCc3ccccc32)cc(-c2ccc3onnc3c2)n1. The standard InChI is InChI=1S/C21H19N5O/c1-13-22-18(15-9-10-20-19(11-15)25-26-27-20)12-21(23-13)24-17-8-4-6-14-5-2-3-7-16(14)17/h2-3,5,7,9-12,17H,4,6,8H2,1H3,(H,22,23,24)/t17-/m1/s1. The molecule has 0 bridgehead atoms. The Bertz CT molecular complexity index is 1120. The average Bonchev–Trinajstić information content (AvgIpc) is 3.16. The first-order valence-corrected chi connectivity index (χ1v) is 9.19. The summed E-state index contributed by atoms with van der Waals surface area (Å²) in [4.78, 5) is 9.21. The van der Waals surface area contributed by atoms with Crippen LogP contribution in [0.1, 0.15) is 35.8 Å². The minimum absolute atomic E-state index is 0.277. The summed E-state index contributed by atoms with van der Waals surface area (Å²) < 4.78 is 5.08. The molecule has 0 spiro atoms. The minimum atomic E-state index is 0.277. The van der Waals surface area contributed by atoms with Gasteiger partial charge in [-0.25, -0.2) is 9.97 Å². The van der Waals surface area contributed by atoms with Gasteiger partial charge in [0.1, 0.15) is 17.2 Å². The first kappa shape index (κ1) is 15.9. The fourth-order valence-corrected chi connectivity index (χ4v) is 3.81. The van der Waals surface area contributed by atoms with E-state index in [1.165, 1.54) is 17.5 Å². The van der Waals surface area contributed by atoms with E-state index in [0.29, 0.717) is 5.58 Å². The van der Waals surface area contributed by atoms with Crippen LogP contribution in [0.3, 0.4) is 0 Å². The molecule has 1 atom stereocenters. The smallest absolute Gasteiger partial charge is 0.187 e. The van der Waals surface area contributed by atoms with E-state index in [0.717, 1.165) is 41.3 Å². The molecule has 0 aliphatic heterocycles. The van der Waals surface area contributed by atoms with Gasteiger partial charge in [0.25, 0.3) is 0 Å². The van der Waals surface area contributed by atoms with E-state index in [1.807, 2.05) is 31.2 Å². The van der Waals surface area contributed by atoms with E-state index in [9.17, 15) is 0 Å². The van der Waals surface area contributed by atoms with Crippen LogP contribution in [0.4, 0.5) is 5.82 Å². The highest BCUT2D eigenvalue weighted by Gasteiger charge is 2.20. The Labute approximate surface area is 156 Å². The van der Waals surface area contributed by atoms with Gasteiger partial charge in [0.15, 0.2) is 5.58 Å². The number of nitrogens with zero attached hydrogens (tertiary/aromatic N) is 4. The van der Waals surface area contributed by atoms with Gasteiger partial charge in [0, 0.05) is 16.9 Å². The summed E-state index contributed by atoms with van der Waals surface area (Å²) in [6.07, 6.45) is 3.43. The van der Waals surface area contributed by atoms with E-state index in [-0.39, 0.29) is 6.04 Å². The molecule has 0 fully saturated rings. The van der Waals surface area contributed by atoms with Gasteiger partial charge in [-0.05, 0) is 55.5 Å². The molecule has 6 heteroatoms. The molecule has 5 rings (SSSR count). The molecule has 2 aromatic heterocycles. The van der Waals surface area contributed by atoms with Gasteiger partial charge in [-0.3, -0.25) is 0 Å². The maximum atomic E-state index is 5.08. The predicted octanol–water partition coefficient (Wildman–Crippen LogP) is 4.48. The zero-order valence-corrected chi connectivity index (χ0v) is 15.0. The van der Waals surface area contributed by atoms with Crippen LogP contribution in [0.15, 0.2) is 53.1 Å². The molecule has 6 nitrogen and oxygen atoms in total. The van der Waals surface area contributed by atoms with Gasteiger partial charge in [-0.15, -0.1) is 5.10 Å². The molecule has 1 aliphatic rings. The number of hydrogen-bond donors (Lipinski definition) is 1. The Kier molecular flexibility index (Phi) is 3.81. The minimum Gasteiger partial charge on any atom is -0.363 e. The van der Waals surface area contributed by atoms with E-state index >= 15 is 0 Å². The van der Waals surface area contributed by atoms with Crippen molar-refractivity contribution in [1.29, 1.82) is 0 Å². The Morgan fingerprint density at radius 3 is 2.96 bits per heavy atom. The summed E-state index contributed by atoms with van der Waals surface area (Å²) in [6, 6.07) is 16.7. The van der Waals surface area contributed by atoms with Crippen LogP contribution in [0.25, 0.3) is 22.4 Å². The molecule has 0 radical (unpaired) electrons. The number of anilines is 1. The quantitative estimate of drug-likeness (QED) is 0.583. The number of aryl methyl sites for hydroxylation is 2. The summed E-state index contributed by atoms with van der Waals surface area (Å²) in [5, 5.41) is 11.2. The molecule has 1 aliphatic carbocycles. The highest BCUT2D eigenvalue weighted by Crippen LogP contribution is 2.32. The van der Waals surface area contributed by atoms with Gasteiger partial charge in [-0.1, -0.05) is 24.3 Å². The monoisotopic (exact) mass is 357 g/mol. The number of benzene rings is 2. The Morgan fingerprint density at radius 2 is 2.00 bits per heavy atom. The maximum Gasteiger partial charge on any atom is 0.187 e. The van der Waals surface area contributed by atoms with Gasteiger partial charge < -0.3 is 9.84 Å². The molecule has 134 valence electrons. The van der Waals surface area contributed by atoms with Crippen molar-refractivity contribution in [3.8, 4) is 11.3 Å². The molecule has 2 aromatic carbocycles. The highest BCUT2D eigenvalue weighted by atomic mass is 16.5. The summed E-state index contributed by atoms with van der Waals surface area (Å²) in [7, 11) is 0. The molecular formula is C21H19N5O. The molecule has 4 aromatic rings. The number of nitrogens with one attached hydrogen (secondary N) is 1. The summed E-state index contributed by atoms with van der Waals surface area (Å²) in [5.74, 6) is 1.58. The molecule has 0 saturated carbocycles. The molecule has 0 unspecified atom stereocenters. The maximum absolute atomic E-state index is 5.08. The normalized spacial score (nSPS) is 16.3. The van der Waals surface area contributed by atoms with Gasteiger partial charge in [0.05, 0.1) is 11.7 Å². The van der Waals surface area contributed by atoms with Crippen molar-refractivity contribution in [3.63, 3.8) is 0 Å². The van der Waals surface area contributed by atoms with Crippen LogP contribution in [0.2, 0.25) is 0 Å². The van der Waals surface area contributed by atoms with Crippen LogP contribution >= 0.6 is 0 Å². The van der Waals surface area contributed by atoms with Crippen molar-refractivity contribution >= 4 is 16.9 Å². The van der Waals surface area contributed by atoms with Crippen molar-refractivity contribution in [3.05, 3.63) is 65.5 Å². The zero-order chi connectivity index (χ0) is 18.2. The van der Waals surface area contributed by atoms with E-state index in [1.54, 1.807) is 0 Å². The number of aromatic nitrogens is 4. The van der Waals surface area contributed by atoms with E-state index in [4.69, 9.17) is 4.52 Å². The second kappa shape index (κ2) is 6.46. The first-order chi connectivity index (χ1) is 13.3. The first-order valence-electron chi connectivity index (χ1n) is 9.19. The van der Waals surface area contributed by atoms with Gasteiger partial charge >= 0.3 is 0 Å². The molecule has 0 saturated heterocycles. The number of hydrogen-bond acceptors (Lipinski definition) is 6. The van der Waals surface area contributed by atoms with Crippen molar-refractivity contribution < 1.29 is 4.52 Å². The fraction of sp³-hybridized carbons (Fsp3) is 0.238. The second-order valence-electron chi connectivity index (χ2n) is 6.93. The molecule has 0 amide bonds. The van der Waals surface area contributed by atoms with Crippen LogP contribution in [0.5, 0.6) is 0 Å². The number of fused-ring (bicyclic) bond motifs is 2. The lowest BCUT2D eigenvalue weighted by atomic mass is 9.88. The molecule has 2 heterocycles. The van der Waals surface area contributed by atoms with Crippen molar-refractivity contribution in [2.24, 2.45) is 0 Å².